The summed E-state index contributed by atoms with van der Waals surface area (Å²) in [5.41, 5.74) is 1.95. The van der Waals surface area contributed by atoms with Crippen molar-refractivity contribution in [3.05, 3.63) is 70.0 Å². The maximum Gasteiger partial charge on any atom is 0.363 e. The van der Waals surface area contributed by atoms with Crippen LogP contribution >= 0.6 is 45.2 Å². The van der Waals surface area contributed by atoms with Gasteiger partial charge in [-0.2, -0.15) is 0 Å². The number of aryl methyl sites for hydroxylation is 1. The van der Waals surface area contributed by atoms with E-state index < -0.39 is 10.9 Å². The molecule has 0 spiro atoms. The summed E-state index contributed by atoms with van der Waals surface area (Å²) in [6, 6.07) is 8.27. The number of rotatable bonds is 5. The number of cyclic esters (lactones) is 1. The van der Waals surface area contributed by atoms with Crippen LogP contribution in [-0.2, 0) is 9.53 Å². The van der Waals surface area contributed by atoms with Gasteiger partial charge in [0.15, 0.2) is 5.70 Å². The quantitative estimate of drug-likeness (QED) is 0.160. The molecule has 0 radical (unpaired) electrons. The molecule has 144 valence electrons. The van der Waals surface area contributed by atoms with Crippen molar-refractivity contribution < 1.29 is 19.2 Å². The maximum absolute atomic E-state index is 12.2. The number of ether oxygens (including phenoxy) is 2. The van der Waals surface area contributed by atoms with E-state index in [0.717, 1.165) is 18.5 Å². The Kier molecular flexibility index (Phi) is 6.33. The molecule has 1 aliphatic heterocycles. The SMILES string of the molecule is CCOc1c(I)cc(/C=C2\N=C(c3ccc([N+](=O)[O-])c(C)c3)OC2=O)cc1I. The van der Waals surface area contributed by atoms with E-state index in [9.17, 15) is 14.9 Å². The zero-order valence-corrected chi connectivity index (χ0v) is 19.2. The molecule has 2 aromatic carbocycles. The lowest BCUT2D eigenvalue weighted by Gasteiger charge is -2.09. The molecule has 0 amide bonds. The van der Waals surface area contributed by atoms with Gasteiger partial charge in [0.2, 0.25) is 5.90 Å². The van der Waals surface area contributed by atoms with Gasteiger partial charge < -0.3 is 9.47 Å². The highest BCUT2D eigenvalue weighted by Gasteiger charge is 2.25. The van der Waals surface area contributed by atoms with Gasteiger partial charge in [-0.3, -0.25) is 10.1 Å². The van der Waals surface area contributed by atoms with Crippen molar-refractivity contribution in [1.82, 2.24) is 0 Å². The summed E-state index contributed by atoms with van der Waals surface area (Å²) in [5, 5.41) is 11.0. The van der Waals surface area contributed by atoms with Crippen LogP contribution in [0.5, 0.6) is 5.75 Å². The molecule has 0 aromatic heterocycles. The summed E-state index contributed by atoms with van der Waals surface area (Å²) in [4.78, 5) is 27.0. The minimum absolute atomic E-state index is 0.00276. The average Bonchev–Trinajstić information content (AvgIpc) is 2.98. The molecule has 7 nitrogen and oxygen atoms in total. The largest absolute Gasteiger partial charge is 0.492 e. The van der Waals surface area contributed by atoms with Crippen molar-refractivity contribution in [2.45, 2.75) is 13.8 Å². The van der Waals surface area contributed by atoms with Crippen LogP contribution in [-0.4, -0.2) is 23.4 Å². The number of esters is 1. The Bertz CT molecular complexity index is 1020. The molecule has 0 saturated carbocycles. The Labute approximate surface area is 188 Å². The zero-order valence-electron chi connectivity index (χ0n) is 14.9. The summed E-state index contributed by atoms with van der Waals surface area (Å²) in [6.07, 6.45) is 1.65. The first-order valence-electron chi connectivity index (χ1n) is 8.20. The monoisotopic (exact) mass is 604 g/mol. The van der Waals surface area contributed by atoms with E-state index in [0.29, 0.717) is 17.7 Å². The van der Waals surface area contributed by atoms with Gasteiger partial charge in [0.25, 0.3) is 5.69 Å². The number of aliphatic imine (C=N–C) groups is 1. The Balaban J connectivity index is 1.94. The van der Waals surface area contributed by atoms with Crippen molar-refractivity contribution in [2.75, 3.05) is 6.61 Å². The molecular formula is C19H14I2N2O5. The van der Waals surface area contributed by atoms with Crippen LogP contribution in [0.4, 0.5) is 5.69 Å². The molecule has 0 bridgehead atoms. The molecule has 0 fully saturated rings. The van der Waals surface area contributed by atoms with Gasteiger partial charge in [-0.05, 0) is 94.9 Å². The van der Waals surface area contributed by atoms with Gasteiger partial charge in [0.1, 0.15) is 5.75 Å². The van der Waals surface area contributed by atoms with Crippen molar-refractivity contribution in [1.29, 1.82) is 0 Å². The van der Waals surface area contributed by atoms with E-state index in [4.69, 9.17) is 9.47 Å². The number of hydrogen-bond donors (Lipinski definition) is 0. The highest BCUT2D eigenvalue weighted by atomic mass is 127. The molecule has 1 heterocycles. The van der Waals surface area contributed by atoms with Gasteiger partial charge in [-0.25, -0.2) is 9.79 Å². The van der Waals surface area contributed by atoms with Crippen LogP contribution in [0.1, 0.15) is 23.6 Å². The summed E-state index contributed by atoms with van der Waals surface area (Å²) in [7, 11) is 0. The molecule has 0 aliphatic carbocycles. The second-order valence-electron chi connectivity index (χ2n) is 5.84. The van der Waals surface area contributed by atoms with E-state index in [1.54, 1.807) is 19.1 Å². The topological polar surface area (TPSA) is 91.0 Å². The first kappa shape index (κ1) is 20.7. The van der Waals surface area contributed by atoms with Crippen molar-refractivity contribution >= 4 is 68.8 Å². The Hall–Kier alpha value is -2.02. The number of nitro benzene ring substituents is 1. The molecule has 0 unspecified atom stereocenters. The van der Waals surface area contributed by atoms with Gasteiger partial charge in [-0.15, -0.1) is 0 Å². The van der Waals surface area contributed by atoms with E-state index in [1.807, 2.05) is 19.1 Å². The number of hydrogen-bond acceptors (Lipinski definition) is 6. The molecule has 3 rings (SSSR count). The molecule has 0 saturated heterocycles. The van der Waals surface area contributed by atoms with Gasteiger partial charge in [0, 0.05) is 17.2 Å². The highest BCUT2D eigenvalue weighted by molar-refractivity contribution is 14.1. The van der Waals surface area contributed by atoms with Crippen LogP contribution in [0.2, 0.25) is 0 Å². The standard InChI is InChI=1S/C19H14I2N2O5/c1-3-27-17-13(20)7-11(8-14(17)21)9-15-19(24)28-18(22-15)12-4-5-16(23(25)26)10(2)6-12/h4-9H,3H2,1-2H3/b15-9-. The van der Waals surface area contributed by atoms with Crippen LogP contribution in [0.15, 0.2) is 41.0 Å². The minimum atomic E-state index is -0.565. The third kappa shape index (κ3) is 4.35. The number of nitro groups is 1. The average molecular weight is 604 g/mol. The van der Waals surface area contributed by atoms with Crippen LogP contribution in [0.25, 0.3) is 6.08 Å². The lowest BCUT2D eigenvalue weighted by atomic mass is 10.1. The summed E-state index contributed by atoms with van der Waals surface area (Å²) in [5.74, 6) is 0.375. The number of carbonyl (C=O) groups is 1. The number of carbonyl (C=O) groups excluding carboxylic acids is 1. The number of nitrogens with zero attached hydrogens (tertiary/aromatic N) is 2. The van der Waals surface area contributed by atoms with Gasteiger partial charge in [0.05, 0.1) is 18.7 Å². The van der Waals surface area contributed by atoms with Crippen molar-refractivity contribution in [3.63, 3.8) is 0 Å². The summed E-state index contributed by atoms with van der Waals surface area (Å²) >= 11 is 4.37. The Morgan fingerprint density at radius 3 is 2.50 bits per heavy atom. The molecule has 1 aliphatic rings. The molecule has 28 heavy (non-hydrogen) atoms. The fourth-order valence-electron chi connectivity index (χ4n) is 2.63. The Morgan fingerprint density at radius 2 is 1.93 bits per heavy atom. The van der Waals surface area contributed by atoms with E-state index in [-0.39, 0.29) is 17.3 Å². The number of halogens is 2. The third-order valence-electron chi connectivity index (χ3n) is 3.87. The lowest BCUT2D eigenvalue weighted by molar-refractivity contribution is -0.385. The zero-order chi connectivity index (χ0) is 20.4. The molecular weight excluding hydrogens is 590 g/mol. The second kappa shape index (κ2) is 8.55. The third-order valence-corrected chi connectivity index (χ3v) is 5.48. The summed E-state index contributed by atoms with van der Waals surface area (Å²) in [6.45, 7) is 4.12. The highest BCUT2D eigenvalue weighted by Crippen LogP contribution is 2.30. The number of benzene rings is 2. The van der Waals surface area contributed by atoms with E-state index >= 15 is 0 Å². The van der Waals surface area contributed by atoms with Gasteiger partial charge >= 0.3 is 5.97 Å². The molecule has 0 N–H and O–H groups in total. The predicted molar refractivity (Wildman–Crippen MR) is 121 cm³/mol. The first-order valence-corrected chi connectivity index (χ1v) is 10.4. The lowest BCUT2D eigenvalue weighted by Crippen LogP contribution is -2.06. The molecule has 0 atom stereocenters. The predicted octanol–water partition coefficient (Wildman–Crippen LogP) is 4.86. The van der Waals surface area contributed by atoms with Crippen LogP contribution in [0.3, 0.4) is 0 Å². The molecule has 2 aromatic rings. The van der Waals surface area contributed by atoms with Crippen molar-refractivity contribution in [2.24, 2.45) is 4.99 Å². The summed E-state index contributed by atoms with van der Waals surface area (Å²) < 4.78 is 12.7. The first-order chi connectivity index (χ1) is 13.3. The minimum Gasteiger partial charge on any atom is -0.492 e. The smallest absolute Gasteiger partial charge is 0.363 e. The maximum atomic E-state index is 12.2. The fourth-order valence-corrected chi connectivity index (χ4v) is 4.76. The van der Waals surface area contributed by atoms with Crippen LogP contribution in [0, 0.1) is 24.2 Å². The van der Waals surface area contributed by atoms with Gasteiger partial charge in [-0.1, -0.05) is 0 Å². The Morgan fingerprint density at radius 1 is 1.25 bits per heavy atom. The molecule has 9 heteroatoms. The van der Waals surface area contributed by atoms with Crippen molar-refractivity contribution in [3.8, 4) is 5.75 Å². The second-order valence-corrected chi connectivity index (χ2v) is 8.17. The van der Waals surface area contributed by atoms with E-state index in [1.165, 1.54) is 12.1 Å². The van der Waals surface area contributed by atoms with Crippen LogP contribution < -0.4 is 4.74 Å². The fraction of sp³-hybridized carbons (Fsp3) is 0.158. The van der Waals surface area contributed by atoms with E-state index in [2.05, 4.69) is 50.2 Å². The normalized spacial score (nSPS) is 14.8.